The van der Waals surface area contributed by atoms with Crippen molar-refractivity contribution in [3.63, 3.8) is 0 Å². The zero-order chi connectivity index (χ0) is 15.3. The summed E-state index contributed by atoms with van der Waals surface area (Å²) >= 11 is 0. The molecule has 0 unspecified atom stereocenters. The van der Waals surface area contributed by atoms with Gasteiger partial charge < -0.3 is 10.6 Å². The van der Waals surface area contributed by atoms with Crippen LogP contribution < -0.4 is 10.6 Å². The Balaban J connectivity index is 0.00000242. The van der Waals surface area contributed by atoms with Crippen LogP contribution >= 0.6 is 24.0 Å². The second kappa shape index (κ2) is 8.36. The predicted molar refractivity (Wildman–Crippen MR) is 107 cm³/mol. The highest BCUT2D eigenvalue weighted by Gasteiger charge is 2.11. The summed E-state index contributed by atoms with van der Waals surface area (Å²) in [6.07, 6.45) is 0. The first-order valence-corrected chi connectivity index (χ1v) is 7.52. The van der Waals surface area contributed by atoms with Crippen LogP contribution in [0.2, 0.25) is 0 Å². The van der Waals surface area contributed by atoms with Crippen LogP contribution in [0.3, 0.4) is 0 Å². The number of aliphatic imine (C=N–C) groups is 1. The van der Waals surface area contributed by atoms with Crippen LogP contribution in [0.5, 0.6) is 0 Å². The van der Waals surface area contributed by atoms with E-state index in [2.05, 4.69) is 85.8 Å². The summed E-state index contributed by atoms with van der Waals surface area (Å²) in [4.78, 5) is 4.67. The molecule has 0 amide bonds. The number of nitrogens with one attached hydrogen (secondary N) is 2. The highest BCUT2D eigenvalue weighted by Crippen LogP contribution is 2.16. The summed E-state index contributed by atoms with van der Waals surface area (Å²) in [5.41, 5.74) is 1.23. The van der Waals surface area contributed by atoms with Crippen molar-refractivity contribution in [3.8, 4) is 0 Å². The zero-order valence-electron chi connectivity index (χ0n) is 13.8. The summed E-state index contributed by atoms with van der Waals surface area (Å²) in [5, 5.41) is 9.22. The van der Waals surface area contributed by atoms with E-state index in [-0.39, 0.29) is 29.5 Å². The third-order valence-corrected chi connectivity index (χ3v) is 3.07. The molecule has 4 heteroatoms. The van der Waals surface area contributed by atoms with Crippen molar-refractivity contribution in [1.29, 1.82) is 0 Å². The van der Waals surface area contributed by atoms with E-state index in [1.54, 1.807) is 0 Å². The molecule has 2 aromatic rings. The van der Waals surface area contributed by atoms with Crippen molar-refractivity contribution >= 4 is 40.7 Å². The molecule has 0 aromatic heterocycles. The van der Waals surface area contributed by atoms with E-state index in [4.69, 9.17) is 0 Å². The molecule has 120 valence electrons. The number of hydrogen-bond acceptors (Lipinski definition) is 1. The van der Waals surface area contributed by atoms with Gasteiger partial charge in [0.2, 0.25) is 0 Å². The maximum absolute atomic E-state index is 4.67. The van der Waals surface area contributed by atoms with E-state index >= 15 is 0 Å². The standard InChI is InChI=1S/C18H25N3.HI/c1-5-19-17(21-18(2,3)4)20-13-14-10-11-15-8-6-7-9-16(15)12-14;/h6-12H,5,13H2,1-4H3,(H2,19,20,21);1H. The maximum atomic E-state index is 4.67. The molecule has 2 rings (SSSR count). The molecule has 0 heterocycles. The Morgan fingerprint density at radius 1 is 1.05 bits per heavy atom. The molecule has 0 atom stereocenters. The maximum Gasteiger partial charge on any atom is 0.191 e. The minimum absolute atomic E-state index is 0. The van der Waals surface area contributed by atoms with Gasteiger partial charge in [-0.1, -0.05) is 36.4 Å². The Morgan fingerprint density at radius 2 is 1.73 bits per heavy atom. The number of nitrogens with zero attached hydrogens (tertiary/aromatic N) is 1. The van der Waals surface area contributed by atoms with Crippen molar-refractivity contribution in [3.05, 3.63) is 48.0 Å². The van der Waals surface area contributed by atoms with Gasteiger partial charge in [0.1, 0.15) is 0 Å². The van der Waals surface area contributed by atoms with Gasteiger partial charge in [0, 0.05) is 12.1 Å². The molecule has 0 radical (unpaired) electrons. The molecule has 0 saturated carbocycles. The SMILES string of the molecule is CCNC(=NCc1ccc2ccccc2c1)NC(C)(C)C.I. The quantitative estimate of drug-likeness (QED) is 0.449. The second-order valence-corrected chi connectivity index (χ2v) is 6.25. The van der Waals surface area contributed by atoms with Crippen LogP contribution in [-0.4, -0.2) is 18.0 Å². The molecule has 0 spiro atoms. The molecule has 0 aliphatic carbocycles. The van der Waals surface area contributed by atoms with Gasteiger partial charge >= 0.3 is 0 Å². The van der Waals surface area contributed by atoms with Gasteiger partial charge in [-0.2, -0.15) is 0 Å². The fourth-order valence-corrected chi connectivity index (χ4v) is 2.17. The van der Waals surface area contributed by atoms with Gasteiger partial charge in [0.25, 0.3) is 0 Å². The fraction of sp³-hybridized carbons (Fsp3) is 0.389. The Hall–Kier alpha value is -1.30. The monoisotopic (exact) mass is 411 g/mol. The van der Waals surface area contributed by atoms with Crippen LogP contribution in [0.4, 0.5) is 0 Å². The summed E-state index contributed by atoms with van der Waals surface area (Å²) in [7, 11) is 0. The Morgan fingerprint density at radius 3 is 2.36 bits per heavy atom. The van der Waals surface area contributed by atoms with Gasteiger partial charge in [-0.3, -0.25) is 0 Å². The van der Waals surface area contributed by atoms with E-state index in [1.165, 1.54) is 16.3 Å². The Bertz CT molecular complexity index is 630. The van der Waals surface area contributed by atoms with Gasteiger partial charge in [-0.25, -0.2) is 4.99 Å². The average molecular weight is 411 g/mol. The summed E-state index contributed by atoms with van der Waals surface area (Å²) < 4.78 is 0. The average Bonchev–Trinajstić information content (AvgIpc) is 2.43. The van der Waals surface area contributed by atoms with Crippen molar-refractivity contribution in [2.24, 2.45) is 4.99 Å². The number of hydrogen-bond donors (Lipinski definition) is 2. The third kappa shape index (κ3) is 5.83. The van der Waals surface area contributed by atoms with Gasteiger partial charge in [0.05, 0.1) is 6.54 Å². The molecule has 0 saturated heterocycles. The zero-order valence-corrected chi connectivity index (χ0v) is 16.1. The van der Waals surface area contributed by atoms with Crippen LogP contribution in [0, 0.1) is 0 Å². The number of fused-ring (bicyclic) bond motifs is 1. The van der Waals surface area contributed by atoms with E-state index < -0.39 is 0 Å². The molecule has 2 N–H and O–H groups in total. The third-order valence-electron chi connectivity index (χ3n) is 3.07. The molecule has 3 nitrogen and oxygen atoms in total. The first-order chi connectivity index (χ1) is 9.98. The predicted octanol–water partition coefficient (Wildman–Crippen LogP) is 4.31. The van der Waals surface area contributed by atoms with Gasteiger partial charge in [-0.15, -0.1) is 24.0 Å². The summed E-state index contributed by atoms with van der Waals surface area (Å²) in [5.74, 6) is 0.859. The first-order valence-electron chi connectivity index (χ1n) is 7.52. The molecule has 22 heavy (non-hydrogen) atoms. The molecule has 0 aliphatic rings. The lowest BCUT2D eigenvalue weighted by molar-refractivity contribution is 0.501. The molecule has 0 fully saturated rings. The molecule has 0 aliphatic heterocycles. The van der Waals surface area contributed by atoms with E-state index in [0.29, 0.717) is 6.54 Å². The van der Waals surface area contributed by atoms with Crippen molar-refractivity contribution < 1.29 is 0 Å². The van der Waals surface area contributed by atoms with Crippen LogP contribution in [0.1, 0.15) is 33.3 Å². The van der Waals surface area contributed by atoms with E-state index in [9.17, 15) is 0 Å². The van der Waals surface area contributed by atoms with Gasteiger partial charge in [-0.05, 0) is 50.1 Å². The van der Waals surface area contributed by atoms with Crippen molar-refractivity contribution in [1.82, 2.24) is 10.6 Å². The van der Waals surface area contributed by atoms with E-state index in [1.807, 2.05) is 0 Å². The van der Waals surface area contributed by atoms with Crippen LogP contribution in [-0.2, 0) is 6.54 Å². The highest BCUT2D eigenvalue weighted by molar-refractivity contribution is 14.0. The fourth-order valence-electron chi connectivity index (χ4n) is 2.17. The van der Waals surface area contributed by atoms with Crippen molar-refractivity contribution in [2.75, 3.05) is 6.54 Å². The van der Waals surface area contributed by atoms with Crippen LogP contribution in [0.15, 0.2) is 47.5 Å². The molecule has 0 bridgehead atoms. The topological polar surface area (TPSA) is 36.4 Å². The second-order valence-electron chi connectivity index (χ2n) is 6.25. The molecular weight excluding hydrogens is 385 g/mol. The number of rotatable bonds is 3. The number of benzene rings is 2. The number of guanidine groups is 1. The summed E-state index contributed by atoms with van der Waals surface area (Å²) in [6, 6.07) is 14.9. The lowest BCUT2D eigenvalue weighted by Crippen LogP contribution is -2.47. The Labute approximate surface area is 150 Å². The lowest BCUT2D eigenvalue weighted by atomic mass is 10.1. The largest absolute Gasteiger partial charge is 0.357 e. The Kier molecular flexibility index (Phi) is 7.13. The van der Waals surface area contributed by atoms with E-state index in [0.717, 1.165) is 12.5 Å². The first kappa shape index (κ1) is 18.7. The minimum atomic E-state index is 0. The lowest BCUT2D eigenvalue weighted by Gasteiger charge is -2.23. The summed E-state index contributed by atoms with van der Waals surface area (Å²) in [6.45, 7) is 10.0. The van der Waals surface area contributed by atoms with Gasteiger partial charge in [0.15, 0.2) is 5.96 Å². The number of halogens is 1. The normalized spacial score (nSPS) is 11.9. The molecular formula is C18H26IN3. The molecule has 2 aromatic carbocycles. The highest BCUT2D eigenvalue weighted by atomic mass is 127. The smallest absolute Gasteiger partial charge is 0.191 e. The van der Waals surface area contributed by atoms with Crippen LogP contribution in [0.25, 0.3) is 10.8 Å². The minimum Gasteiger partial charge on any atom is -0.357 e. The van der Waals surface area contributed by atoms with Crippen molar-refractivity contribution in [2.45, 2.75) is 39.8 Å².